The molecule has 1 amide bonds. The third kappa shape index (κ3) is 4.23. The van der Waals surface area contributed by atoms with Crippen LogP contribution in [0.15, 0.2) is 30.6 Å². The molecular formula is C23H18ClF5N4O3. The zero-order valence-electron chi connectivity index (χ0n) is 18.6. The van der Waals surface area contributed by atoms with Gasteiger partial charge in [0.25, 0.3) is 0 Å². The number of piperidine rings is 2. The van der Waals surface area contributed by atoms with Crippen LogP contribution in [0.3, 0.4) is 0 Å². The third-order valence-corrected chi connectivity index (χ3v) is 6.79. The highest BCUT2D eigenvalue weighted by atomic mass is 35.5. The van der Waals surface area contributed by atoms with Crippen molar-refractivity contribution in [2.75, 3.05) is 25.5 Å². The maximum absolute atomic E-state index is 14.4. The molecule has 1 saturated heterocycles. The maximum atomic E-state index is 14.4. The predicted octanol–water partition coefficient (Wildman–Crippen LogP) is 5.10. The van der Waals surface area contributed by atoms with Gasteiger partial charge in [0.2, 0.25) is 0 Å². The first kappa shape index (κ1) is 24.3. The molecule has 1 unspecified atom stereocenters. The van der Waals surface area contributed by atoms with Gasteiger partial charge >= 0.3 is 12.1 Å². The smallest absolute Gasteiger partial charge is 0.471 e. The fourth-order valence-electron chi connectivity index (χ4n) is 4.69. The molecule has 5 rings (SSSR count). The van der Waals surface area contributed by atoms with Crippen LogP contribution in [0.25, 0.3) is 10.9 Å². The zero-order valence-corrected chi connectivity index (χ0v) is 19.3. The van der Waals surface area contributed by atoms with Crippen LogP contribution >= 0.6 is 11.6 Å². The normalized spacial score (nSPS) is 21.2. The number of likely N-dealkylation sites (tertiary alicyclic amines) is 1. The number of ether oxygens (including phenoxy) is 2. The number of fused-ring (bicyclic) bond motifs is 3. The Morgan fingerprint density at radius 2 is 1.86 bits per heavy atom. The van der Waals surface area contributed by atoms with E-state index in [0.717, 1.165) is 11.0 Å². The summed E-state index contributed by atoms with van der Waals surface area (Å²) in [5.41, 5.74) is 0.323. The maximum Gasteiger partial charge on any atom is 0.471 e. The number of aromatic nitrogens is 2. The SMILES string of the molecule is COc1cc2ncnc(Nc3ccc(F)c(Cl)c3F)c2cc1OC1[C@@H]2C[C@H]1CN(C(=O)C(F)(F)F)C2. The molecule has 3 atom stereocenters. The molecule has 0 radical (unpaired) electrons. The Bertz CT molecular complexity index is 1340. The number of halogens is 6. The first-order valence-corrected chi connectivity index (χ1v) is 11.2. The van der Waals surface area contributed by atoms with Crippen LogP contribution in [-0.2, 0) is 4.79 Å². The monoisotopic (exact) mass is 528 g/mol. The number of methoxy groups -OCH3 is 1. The van der Waals surface area contributed by atoms with Crippen LogP contribution in [0.1, 0.15) is 6.42 Å². The average Bonchev–Trinajstić information content (AvgIpc) is 2.86. The van der Waals surface area contributed by atoms with Gasteiger partial charge in [0, 0.05) is 36.4 Å². The van der Waals surface area contributed by atoms with E-state index in [2.05, 4.69) is 15.3 Å². The summed E-state index contributed by atoms with van der Waals surface area (Å²) < 4.78 is 78.0. The first-order valence-electron chi connectivity index (χ1n) is 10.8. The largest absolute Gasteiger partial charge is 0.493 e. The van der Waals surface area contributed by atoms with Gasteiger partial charge in [-0.25, -0.2) is 18.7 Å². The van der Waals surface area contributed by atoms with Gasteiger partial charge in [0.05, 0.1) is 18.3 Å². The zero-order chi connectivity index (χ0) is 25.8. The number of nitrogens with zero attached hydrogens (tertiary/aromatic N) is 3. The van der Waals surface area contributed by atoms with Crippen LogP contribution in [-0.4, -0.2) is 53.3 Å². The van der Waals surface area contributed by atoms with E-state index in [1.165, 1.54) is 19.5 Å². The molecule has 1 aliphatic carbocycles. The number of rotatable bonds is 5. The molecule has 2 aromatic carbocycles. The Kier molecular flexibility index (Phi) is 6.01. The number of benzene rings is 2. The number of hydrogen-bond donors (Lipinski definition) is 1. The van der Waals surface area contributed by atoms with Crippen LogP contribution in [0.4, 0.5) is 33.5 Å². The number of alkyl halides is 3. The van der Waals surface area contributed by atoms with E-state index >= 15 is 0 Å². The molecule has 1 N–H and O–H groups in total. The average molecular weight is 529 g/mol. The lowest BCUT2D eigenvalue weighted by molar-refractivity contribution is -0.196. The number of nitrogens with one attached hydrogen (secondary N) is 1. The second-order valence-corrected chi connectivity index (χ2v) is 9.01. The highest BCUT2D eigenvalue weighted by molar-refractivity contribution is 6.31. The van der Waals surface area contributed by atoms with Crippen LogP contribution in [0.5, 0.6) is 11.5 Å². The molecule has 2 fully saturated rings. The molecule has 13 heteroatoms. The van der Waals surface area contributed by atoms with Crippen molar-refractivity contribution < 1.29 is 36.2 Å². The van der Waals surface area contributed by atoms with Crippen LogP contribution < -0.4 is 14.8 Å². The summed E-state index contributed by atoms with van der Waals surface area (Å²) in [7, 11) is 1.43. The van der Waals surface area contributed by atoms with E-state index in [-0.39, 0.29) is 42.2 Å². The summed E-state index contributed by atoms with van der Waals surface area (Å²) in [4.78, 5) is 20.8. The van der Waals surface area contributed by atoms with Crippen molar-refractivity contribution in [3.8, 4) is 11.5 Å². The summed E-state index contributed by atoms with van der Waals surface area (Å²) in [6.45, 7) is -0.119. The Morgan fingerprint density at radius 1 is 1.14 bits per heavy atom. The van der Waals surface area contributed by atoms with Crippen LogP contribution in [0.2, 0.25) is 5.02 Å². The molecule has 7 nitrogen and oxygen atoms in total. The van der Waals surface area contributed by atoms with Crippen molar-refractivity contribution in [1.29, 1.82) is 0 Å². The molecule has 2 bridgehead atoms. The van der Waals surface area contributed by atoms with Crippen molar-refractivity contribution in [3.63, 3.8) is 0 Å². The van der Waals surface area contributed by atoms with E-state index in [4.69, 9.17) is 21.1 Å². The summed E-state index contributed by atoms with van der Waals surface area (Å²) in [5.74, 6) is -3.48. The predicted molar refractivity (Wildman–Crippen MR) is 119 cm³/mol. The van der Waals surface area contributed by atoms with Crippen molar-refractivity contribution in [2.24, 2.45) is 11.8 Å². The molecule has 1 aromatic heterocycles. The van der Waals surface area contributed by atoms with Crippen molar-refractivity contribution >= 4 is 39.9 Å². The Hall–Kier alpha value is -3.41. The molecule has 1 aliphatic heterocycles. The Morgan fingerprint density at radius 3 is 2.53 bits per heavy atom. The van der Waals surface area contributed by atoms with Gasteiger partial charge in [-0.1, -0.05) is 11.6 Å². The summed E-state index contributed by atoms with van der Waals surface area (Å²) in [6, 6.07) is 5.34. The third-order valence-electron chi connectivity index (χ3n) is 6.45. The van der Waals surface area contributed by atoms with Gasteiger partial charge in [-0.15, -0.1) is 0 Å². The Labute approximate surface area is 206 Å². The summed E-state index contributed by atoms with van der Waals surface area (Å²) in [6.07, 6.45) is -3.44. The molecular weight excluding hydrogens is 511 g/mol. The summed E-state index contributed by atoms with van der Waals surface area (Å²) >= 11 is 5.67. The lowest BCUT2D eigenvalue weighted by Gasteiger charge is -2.52. The number of amides is 1. The van der Waals surface area contributed by atoms with Gasteiger partial charge in [-0.2, -0.15) is 13.2 Å². The molecule has 190 valence electrons. The minimum atomic E-state index is -4.92. The number of anilines is 2. The number of carbonyl (C=O) groups is 1. The molecule has 2 aliphatic rings. The molecule has 1 saturated carbocycles. The van der Waals surface area contributed by atoms with Crippen molar-refractivity contribution in [2.45, 2.75) is 18.7 Å². The van der Waals surface area contributed by atoms with Gasteiger partial charge < -0.3 is 19.7 Å². The molecule has 0 spiro atoms. The first-order chi connectivity index (χ1) is 17.1. The molecule has 3 aromatic rings. The number of hydrogen-bond acceptors (Lipinski definition) is 6. The Balaban J connectivity index is 1.42. The number of carbonyl (C=O) groups excluding carboxylic acids is 1. The summed E-state index contributed by atoms with van der Waals surface area (Å²) in [5, 5.41) is 2.53. The van der Waals surface area contributed by atoms with Crippen molar-refractivity contribution in [1.82, 2.24) is 14.9 Å². The topological polar surface area (TPSA) is 76.6 Å². The lowest BCUT2D eigenvalue weighted by Crippen LogP contribution is -2.63. The van der Waals surface area contributed by atoms with Crippen LogP contribution in [0, 0.1) is 23.5 Å². The van der Waals surface area contributed by atoms with E-state index in [1.807, 2.05) is 0 Å². The minimum Gasteiger partial charge on any atom is -0.493 e. The van der Waals surface area contributed by atoms with E-state index in [0.29, 0.717) is 23.1 Å². The fraction of sp³-hybridized carbons (Fsp3) is 0.348. The molecule has 36 heavy (non-hydrogen) atoms. The van der Waals surface area contributed by atoms with Gasteiger partial charge in [0.1, 0.15) is 29.1 Å². The minimum absolute atomic E-state index is 0.0596. The van der Waals surface area contributed by atoms with Gasteiger partial charge in [-0.05, 0) is 24.6 Å². The van der Waals surface area contributed by atoms with E-state index < -0.39 is 34.8 Å². The van der Waals surface area contributed by atoms with E-state index in [9.17, 15) is 26.7 Å². The second-order valence-electron chi connectivity index (χ2n) is 8.64. The lowest BCUT2D eigenvalue weighted by atomic mass is 9.68. The second kappa shape index (κ2) is 8.91. The molecule has 2 heterocycles. The van der Waals surface area contributed by atoms with E-state index in [1.54, 1.807) is 12.1 Å². The van der Waals surface area contributed by atoms with Gasteiger partial charge in [-0.3, -0.25) is 4.79 Å². The van der Waals surface area contributed by atoms with Gasteiger partial charge in [0.15, 0.2) is 17.3 Å². The standard InChI is InChI=1S/C23H18ClF5N4O3/c1-35-16-6-15-12(21(31-9-30-15)32-14-3-2-13(25)18(24)19(14)26)5-17(16)36-20-10-4-11(20)8-33(7-10)22(34)23(27,28)29/h2-3,5-6,9-11,20H,4,7-8H2,1H3,(H,30,31,32)/t10-,11+,20?. The highest BCUT2D eigenvalue weighted by Crippen LogP contribution is 2.45. The van der Waals surface area contributed by atoms with Crippen molar-refractivity contribution in [3.05, 3.63) is 47.2 Å². The fourth-order valence-corrected chi connectivity index (χ4v) is 4.86. The highest BCUT2D eigenvalue weighted by Gasteiger charge is 2.53. The quantitative estimate of drug-likeness (QED) is 0.367.